The number of nitriles is 1. The van der Waals surface area contributed by atoms with Crippen LogP contribution in [0.3, 0.4) is 0 Å². The quantitative estimate of drug-likeness (QED) is 0.851. The van der Waals surface area contributed by atoms with Gasteiger partial charge in [-0.25, -0.2) is 12.8 Å². The maximum absolute atomic E-state index is 14.1. The van der Waals surface area contributed by atoms with Crippen molar-refractivity contribution in [2.45, 2.75) is 12.3 Å². The van der Waals surface area contributed by atoms with Crippen LogP contribution < -0.4 is 5.73 Å². The van der Waals surface area contributed by atoms with Crippen molar-refractivity contribution in [1.82, 2.24) is 0 Å². The number of rotatable bonds is 1. The van der Waals surface area contributed by atoms with Gasteiger partial charge in [-0.05, 0) is 6.07 Å². The fourth-order valence-corrected chi connectivity index (χ4v) is 4.43. The van der Waals surface area contributed by atoms with E-state index in [4.69, 9.17) is 10.5 Å². The summed E-state index contributed by atoms with van der Waals surface area (Å²) < 4.78 is 43.8. The lowest BCUT2D eigenvalue weighted by molar-refractivity contribution is 0.275. The van der Waals surface area contributed by atoms with Gasteiger partial charge in [0.15, 0.2) is 9.84 Å². The largest absolute Gasteiger partial charge is 0.444 e. The molecule has 1 atom stereocenters. The summed E-state index contributed by atoms with van der Waals surface area (Å²) >= 11 is 0. The minimum Gasteiger partial charge on any atom is -0.444 e. The minimum atomic E-state index is -3.58. The highest BCUT2D eigenvalue weighted by Crippen LogP contribution is 2.46. The number of benzene rings is 1. The Kier molecular flexibility index (Phi) is 2.99. The van der Waals surface area contributed by atoms with E-state index in [1.807, 2.05) is 6.07 Å². The van der Waals surface area contributed by atoms with Gasteiger partial charge in [0.05, 0.1) is 16.6 Å². The first-order chi connectivity index (χ1) is 9.95. The number of sulfone groups is 1. The second-order valence-corrected chi connectivity index (χ2v) is 6.88. The van der Waals surface area contributed by atoms with E-state index in [0.717, 1.165) is 0 Å². The molecule has 0 bridgehead atoms. The molecular weight excluding hydrogens is 295 g/mol. The van der Waals surface area contributed by atoms with Crippen molar-refractivity contribution in [3.05, 3.63) is 57.8 Å². The lowest BCUT2D eigenvalue weighted by Gasteiger charge is -2.25. The third kappa shape index (κ3) is 1.99. The molecule has 1 aromatic rings. The van der Waals surface area contributed by atoms with Crippen LogP contribution in [-0.4, -0.2) is 14.2 Å². The molecule has 0 amide bonds. The molecule has 0 saturated carbocycles. The molecule has 2 N–H and O–H groups in total. The third-order valence-electron chi connectivity index (χ3n) is 3.59. The van der Waals surface area contributed by atoms with E-state index in [2.05, 4.69) is 0 Å². The Morgan fingerprint density at radius 3 is 2.76 bits per heavy atom. The Balaban J connectivity index is 2.29. The van der Waals surface area contributed by atoms with E-state index in [-0.39, 0.29) is 39.9 Å². The Bertz CT molecular complexity index is 834. The van der Waals surface area contributed by atoms with Crippen LogP contribution in [0, 0.1) is 17.1 Å². The SMILES string of the molecule is N#CC1=C(N)OC2=C(C1c1ccccc1F)S(=O)(=O)CC2. The summed E-state index contributed by atoms with van der Waals surface area (Å²) in [6, 6.07) is 7.60. The molecule has 2 aliphatic heterocycles. The van der Waals surface area contributed by atoms with Crippen LogP contribution in [0.25, 0.3) is 0 Å². The van der Waals surface area contributed by atoms with Gasteiger partial charge in [0, 0.05) is 12.0 Å². The summed E-state index contributed by atoms with van der Waals surface area (Å²) in [7, 11) is -3.58. The zero-order valence-electron chi connectivity index (χ0n) is 10.8. The molecule has 5 nitrogen and oxygen atoms in total. The molecule has 1 aromatic carbocycles. The van der Waals surface area contributed by atoms with Crippen LogP contribution in [0.1, 0.15) is 17.9 Å². The van der Waals surface area contributed by atoms with Gasteiger partial charge in [-0.3, -0.25) is 0 Å². The lowest BCUT2D eigenvalue weighted by Crippen LogP contribution is -2.22. The summed E-state index contributed by atoms with van der Waals surface area (Å²) in [6.45, 7) is 0. The van der Waals surface area contributed by atoms with E-state index in [1.54, 1.807) is 6.07 Å². The van der Waals surface area contributed by atoms with E-state index in [0.29, 0.717) is 0 Å². The van der Waals surface area contributed by atoms with Crippen LogP contribution in [0.2, 0.25) is 0 Å². The van der Waals surface area contributed by atoms with Gasteiger partial charge < -0.3 is 10.5 Å². The Morgan fingerprint density at radius 1 is 1.38 bits per heavy atom. The maximum atomic E-state index is 14.1. The monoisotopic (exact) mass is 306 g/mol. The Labute approximate surface area is 121 Å². The van der Waals surface area contributed by atoms with Gasteiger partial charge in [0.2, 0.25) is 5.88 Å². The smallest absolute Gasteiger partial charge is 0.205 e. The molecule has 1 unspecified atom stereocenters. The normalized spacial score (nSPS) is 23.5. The van der Waals surface area contributed by atoms with Gasteiger partial charge in [-0.15, -0.1) is 0 Å². The standard InChI is InChI=1S/C14H11FN2O3S/c15-10-4-2-1-3-8(10)12-9(7-16)14(17)20-11-5-6-21(18,19)13(11)12/h1-4,12H,5-6,17H2. The fourth-order valence-electron chi connectivity index (χ4n) is 2.66. The summed E-state index contributed by atoms with van der Waals surface area (Å²) in [6.07, 6.45) is 0.183. The van der Waals surface area contributed by atoms with Gasteiger partial charge in [0.25, 0.3) is 0 Å². The van der Waals surface area contributed by atoms with E-state index in [9.17, 15) is 18.1 Å². The van der Waals surface area contributed by atoms with E-state index in [1.165, 1.54) is 18.2 Å². The molecule has 0 aliphatic carbocycles. The maximum Gasteiger partial charge on any atom is 0.205 e. The topological polar surface area (TPSA) is 93.2 Å². The number of hydrogen-bond acceptors (Lipinski definition) is 5. The summed E-state index contributed by atoms with van der Waals surface area (Å²) in [5.41, 5.74) is 5.73. The van der Waals surface area contributed by atoms with Gasteiger partial charge >= 0.3 is 0 Å². The first-order valence-electron chi connectivity index (χ1n) is 6.23. The van der Waals surface area contributed by atoms with Gasteiger partial charge in [0.1, 0.15) is 23.2 Å². The second-order valence-electron chi connectivity index (χ2n) is 4.80. The predicted molar refractivity (Wildman–Crippen MR) is 72.5 cm³/mol. The highest BCUT2D eigenvalue weighted by Gasteiger charge is 2.44. The van der Waals surface area contributed by atoms with Crippen LogP contribution in [0.15, 0.2) is 46.4 Å². The van der Waals surface area contributed by atoms with Crippen molar-refractivity contribution in [3.63, 3.8) is 0 Å². The van der Waals surface area contributed by atoms with Crippen molar-refractivity contribution in [3.8, 4) is 6.07 Å². The van der Waals surface area contributed by atoms with E-state index >= 15 is 0 Å². The number of hydrogen-bond donors (Lipinski definition) is 1. The third-order valence-corrected chi connectivity index (χ3v) is 5.47. The Morgan fingerprint density at radius 2 is 2.10 bits per heavy atom. The van der Waals surface area contributed by atoms with Crippen molar-refractivity contribution in [1.29, 1.82) is 5.26 Å². The van der Waals surface area contributed by atoms with Crippen LogP contribution in [-0.2, 0) is 14.6 Å². The van der Waals surface area contributed by atoms with Crippen LogP contribution >= 0.6 is 0 Å². The highest BCUT2D eigenvalue weighted by atomic mass is 32.2. The van der Waals surface area contributed by atoms with Crippen molar-refractivity contribution in [2.75, 3.05) is 5.75 Å². The molecule has 0 aromatic heterocycles. The molecule has 7 heteroatoms. The molecule has 0 radical (unpaired) electrons. The molecule has 2 heterocycles. The van der Waals surface area contributed by atoms with Gasteiger partial charge in [-0.1, -0.05) is 18.2 Å². The zero-order chi connectivity index (χ0) is 15.2. The van der Waals surface area contributed by atoms with Crippen molar-refractivity contribution < 1.29 is 17.5 Å². The number of allylic oxidation sites excluding steroid dienone is 3. The van der Waals surface area contributed by atoms with Crippen LogP contribution in [0.4, 0.5) is 4.39 Å². The van der Waals surface area contributed by atoms with Gasteiger partial charge in [-0.2, -0.15) is 5.26 Å². The molecule has 3 rings (SSSR count). The lowest BCUT2D eigenvalue weighted by atomic mass is 9.89. The molecule has 0 saturated heterocycles. The molecular formula is C14H11FN2O3S. The first-order valence-corrected chi connectivity index (χ1v) is 7.88. The average Bonchev–Trinajstić information content (AvgIpc) is 2.73. The summed E-state index contributed by atoms with van der Waals surface area (Å²) in [4.78, 5) is -0.0432. The molecule has 2 aliphatic rings. The zero-order valence-corrected chi connectivity index (χ0v) is 11.7. The van der Waals surface area contributed by atoms with Crippen LogP contribution in [0.5, 0.6) is 0 Å². The number of nitrogens with two attached hydrogens (primary N) is 1. The van der Waals surface area contributed by atoms with Crippen molar-refractivity contribution >= 4 is 9.84 Å². The highest BCUT2D eigenvalue weighted by molar-refractivity contribution is 7.95. The molecule has 0 fully saturated rings. The van der Waals surface area contributed by atoms with Crippen molar-refractivity contribution in [2.24, 2.45) is 5.73 Å². The second kappa shape index (κ2) is 4.60. The Hall–Kier alpha value is -2.33. The fraction of sp³-hybridized carbons (Fsp3) is 0.214. The molecule has 0 spiro atoms. The number of ether oxygens (including phenoxy) is 1. The molecule has 21 heavy (non-hydrogen) atoms. The van der Waals surface area contributed by atoms with E-state index < -0.39 is 21.6 Å². The number of nitrogens with zero attached hydrogens (tertiary/aromatic N) is 1. The first kappa shape index (κ1) is 13.6. The minimum absolute atomic E-state index is 0.0432. The summed E-state index contributed by atoms with van der Waals surface area (Å²) in [5, 5.41) is 9.27. The molecule has 108 valence electrons. The predicted octanol–water partition coefficient (Wildman–Crippen LogP) is 1.66. The summed E-state index contributed by atoms with van der Waals surface area (Å²) in [5.74, 6) is -1.69. The number of halogens is 1. The average molecular weight is 306 g/mol.